The SMILES string of the molecule is C=CCC(O)C1CC(C)=CC(C)C1. The topological polar surface area (TPSA) is 20.2 Å². The Hall–Kier alpha value is -0.560. The highest BCUT2D eigenvalue weighted by Gasteiger charge is 2.23. The zero-order chi connectivity index (χ0) is 9.84. The maximum atomic E-state index is 9.81. The summed E-state index contributed by atoms with van der Waals surface area (Å²) < 4.78 is 0. The van der Waals surface area contributed by atoms with Crippen molar-refractivity contribution in [1.82, 2.24) is 0 Å². The van der Waals surface area contributed by atoms with E-state index in [1.54, 1.807) is 0 Å². The molecule has 0 amide bonds. The van der Waals surface area contributed by atoms with E-state index >= 15 is 0 Å². The first-order valence-electron chi connectivity index (χ1n) is 5.09. The average Bonchev–Trinajstić information content (AvgIpc) is 2.03. The van der Waals surface area contributed by atoms with Crippen LogP contribution in [-0.4, -0.2) is 11.2 Å². The molecule has 13 heavy (non-hydrogen) atoms. The number of hydrogen-bond donors (Lipinski definition) is 1. The van der Waals surface area contributed by atoms with Crippen molar-refractivity contribution in [2.45, 2.75) is 39.2 Å². The number of allylic oxidation sites excluding steroid dienone is 2. The molecule has 0 spiro atoms. The minimum absolute atomic E-state index is 0.191. The first kappa shape index (κ1) is 10.5. The van der Waals surface area contributed by atoms with Gasteiger partial charge in [0.2, 0.25) is 0 Å². The van der Waals surface area contributed by atoms with Crippen LogP contribution < -0.4 is 0 Å². The van der Waals surface area contributed by atoms with Crippen LogP contribution in [0.1, 0.15) is 33.1 Å². The number of aliphatic hydroxyl groups is 1. The van der Waals surface area contributed by atoms with Crippen molar-refractivity contribution in [3.8, 4) is 0 Å². The fraction of sp³-hybridized carbons (Fsp3) is 0.667. The Bertz CT molecular complexity index is 205. The monoisotopic (exact) mass is 180 g/mol. The first-order chi connectivity index (χ1) is 6.13. The van der Waals surface area contributed by atoms with E-state index in [1.807, 2.05) is 6.08 Å². The Balaban J connectivity index is 2.53. The van der Waals surface area contributed by atoms with Crippen LogP contribution in [-0.2, 0) is 0 Å². The number of aliphatic hydroxyl groups excluding tert-OH is 1. The third-order valence-electron chi connectivity index (χ3n) is 2.78. The number of rotatable bonds is 3. The lowest BCUT2D eigenvalue weighted by Gasteiger charge is -2.28. The second-order valence-corrected chi connectivity index (χ2v) is 4.28. The largest absolute Gasteiger partial charge is 0.393 e. The van der Waals surface area contributed by atoms with E-state index in [-0.39, 0.29) is 6.10 Å². The molecule has 1 N–H and O–H groups in total. The summed E-state index contributed by atoms with van der Waals surface area (Å²) in [6.07, 6.45) is 6.83. The van der Waals surface area contributed by atoms with Gasteiger partial charge in [-0.2, -0.15) is 0 Å². The fourth-order valence-corrected chi connectivity index (χ4v) is 2.25. The van der Waals surface area contributed by atoms with Gasteiger partial charge in [0, 0.05) is 0 Å². The van der Waals surface area contributed by atoms with Crippen molar-refractivity contribution in [2.24, 2.45) is 11.8 Å². The molecule has 0 heterocycles. The lowest BCUT2D eigenvalue weighted by Crippen LogP contribution is -2.24. The van der Waals surface area contributed by atoms with Crippen LogP contribution in [0.25, 0.3) is 0 Å². The molecule has 1 aliphatic rings. The highest BCUT2D eigenvalue weighted by molar-refractivity contribution is 5.07. The fourth-order valence-electron chi connectivity index (χ4n) is 2.25. The van der Waals surface area contributed by atoms with Crippen LogP contribution in [0.15, 0.2) is 24.3 Å². The molecule has 1 heteroatoms. The van der Waals surface area contributed by atoms with Gasteiger partial charge in [-0.25, -0.2) is 0 Å². The lowest BCUT2D eigenvalue weighted by atomic mass is 9.80. The minimum atomic E-state index is -0.191. The van der Waals surface area contributed by atoms with Gasteiger partial charge in [0.15, 0.2) is 0 Å². The smallest absolute Gasteiger partial charge is 0.0605 e. The zero-order valence-electron chi connectivity index (χ0n) is 8.66. The lowest BCUT2D eigenvalue weighted by molar-refractivity contribution is 0.0957. The highest BCUT2D eigenvalue weighted by Crippen LogP contribution is 2.31. The van der Waals surface area contributed by atoms with Crippen molar-refractivity contribution in [2.75, 3.05) is 0 Å². The summed E-state index contributed by atoms with van der Waals surface area (Å²) in [5.74, 6) is 1.07. The molecule has 1 nitrogen and oxygen atoms in total. The van der Waals surface area contributed by atoms with Gasteiger partial charge in [-0.05, 0) is 38.0 Å². The van der Waals surface area contributed by atoms with E-state index in [4.69, 9.17) is 0 Å². The van der Waals surface area contributed by atoms with Gasteiger partial charge >= 0.3 is 0 Å². The molecule has 0 aliphatic heterocycles. The molecule has 0 aromatic rings. The molecule has 0 saturated heterocycles. The van der Waals surface area contributed by atoms with E-state index in [0.29, 0.717) is 11.8 Å². The Morgan fingerprint density at radius 3 is 3.00 bits per heavy atom. The molecule has 74 valence electrons. The molecule has 3 atom stereocenters. The molecular weight excluding hydrogens is 160 g/mol. The molecule has 1 aliphatic carbocycles. The maximum Gasteiger partial charge on any atom is 0.0605 e. The maximum absolute atomic E-state index is 9.81. The summed E-state index contributed by atoms with van der Waals surface area (Å²) >= 11 is 0. The van der Waals surface area contributed by atoms with Gasteiger partial charge in [-0.3, -0.25) is 0 Å². The van der Waals surface area contributed by atoms with E-state index in [1.165, 1.54) is 5.57 Å². The normalized spacial score (nSPS) is 30.8. The van der Waals surface area contributed by atoms with E-state index in [0.717, 1.165) is 19.3 Å². The predicted molar refractivity (Wildman–Crippen MR) is 56.5 cm³/mol. The standard InChI is InChI=1S/C12H20O/c1-4-5-12(13)11-7-9(2)6-10(3)8-11/h4,6,9,11-13H,1,5,7-8H2,2-3H3. The second kappa shape index (κ2) is 4.61. The van der Waals surface area contributed by atoms with Gasteiger partial charge in [0.25, 0.3) is 0 Å². The van der Waals surface area contributed by atoms with E-state index in [2.05, 4.69) is 26.5 Å². The number of hydrogen-bond acceptors (Lipinski definition) is 1. The summed E-state index contributed by atoms with van der Waals surface area (Å²) in [5.41, 5.74) is 1.42. The summed E-state index contributed by atoms with van der Waals surface area (Å²) in [5, 5.41) is 9.81. The summed E-state index contributed by atoms with van der Waals surface area (Å²) in [7, 11) is 0. The molecule has 0 saturated carbocycles. The second-order valence-electron chi connectivity index (χ2n) is 4.28. The van der Waals surface area contributed by atoms with E-state index < -0.39 is 0 Å². The van der Waals surface area contributed by atoms with Gasteiger partial charge in [0.05, 0.1) is 6.10 Å². The van der Waals surface area contributed by atoms with Crippen LogP contribution >= 0.6 is 0 Å². The molecule has 0 bridgehead atoms. The Labute approximate surface area is 81.2 Å². The molecule has 0 aromatic heterocycles. The van der Waals surface area contributed by atoms with Crippen LogP contribution in [0.3, 0.4) is 0 Å². The quantitative estimate of drug-likeness (QED) is 0.662. The van der Waals surface area contributed by atoms with Gasteiger partial charge in [-0.15, -0.1) is 6.58 Å². The summed E-state index contributed by atoms with van der Waals surface area (Å²) in [6.45, 7) is 8.03. The summed E-state index contributed by atoms with van der Waals surface area (Å²) in [6, 6.07) is 0. The van der Waals surface area contributed by atoms with Crippen molar-refractivity contribution in [1.29, 1.82) is 0 Å². The van der Waals surface area contributed by atoms with Crippen LogP contribution in [0.4, 0.5) is 0 Å². The zero-order valence-corrected chi connectivity index (χ0v) is 8.66. The van der Waals surface area contributed by atoms with E-state index in [9.17, 15) is 5.11 Å². The summed E-state index contributed by atoms with van der Waals surface area (Å²) in [4.78, 5) is 0. The Morgan fingerprint density at radius 2 is 2.46 bits per heavy atom. The van der Waals surface area contributed by atoms with Gasteiger partial charge in [0.1, 0.15) is 0 Å². The van der Waals surface area contributed by atoms with Crippen molar-refractivity contribution >= 4 is 0 Å². The third kappa shape index (κ3) is 3.00. The van der Waals surface area contributed by atoms with Gasteiger partial charge < -0.3 is 5.11 Å². The van der Waals surface area contributed by atoms with Crippen molar-refractivity contribution in [3.63, 3.8) is 0 Å². The average molecular weight is 180 g/mol. The first-order valence-corrected chi connectivity index (χ1v) is 5.09. The molecule has 0 aromatic carbocycles. The van der Waals surface area contributed by atoms with Gasteiger partial charge in [-0.1, -0.05) is 24.6 Å². The Kier molecular flexibility index (Phi) is 3.73. The predicted octanol–water partition coefficient (Wildman–Crippen LogP) is 2.92. The molecule has 3 unspecified atom stereocenters. The molecule has 0 fully saturated rings. The third-order valence-corrected chi connectivity index (χ3v) is 2.78. The molecular formula is C12H20O. The van der Waals surface area contributed by atoms with Crippen LogP contribution in [0, 0.1) is 11.8 Å². The Morgan fingerprint density at radius 1 is 1.77 bits per heavy atom. The van der Waals surface area contributed by atoms with Crippen molar-refractivity contribution < 1.29 is 5.11 Å². The molecule has 1 rings (SSSR count). The van der Waals surface area contributed by atoms with Crippen LogP contribution in [0.2, 0.25) is 0 Å². The van der Waals surface area contributed by atoms with Crippen molar-refractivity contribution in [3.05, 3.63) is 24.3 Å². The minimum Gasteiger partial charge on any atom is -0.393 e. The van der Waals surface area contributed by atoms with Crippen LogP contribution in [0.5, 0.6) is 0 Å². The highest BCUT2D eigenvalue weighted by atomic mass is 16.3. The molecule has 0 radical (unpaired) electrons.